The number of alkyl halides is 3. The molecule has 1 aliphatic rings. The second-order valence-electron chi connectivity index (χ2n) is 11.1. The number of halogens is 4. The van der Waals surface area contributed by atoms with E-state index in [2.05, 4.69) is 36.8 Å². The second-order valence-corrected chi connectivity index (χ2v) is 12.0. The Kier molecular flexibility index (Phi) is 11.6. The lowest BCUT2D eigenvalue weighted by Crippen LogP contribution is -2.53. The summed E-state index contributed by atoms with van der Waals surface area (Å²) in [6.07, 6.45) is -4.90. The van der Waals surface area contributed by atoms with Gasteiger partial charge in [-0.2, -0.15) is 13.2 Å². The van der Waals surface area contributed by atoms with E-state index in [4.69, 9.17) is 25.1 Å². The fourth-order valence-electron chi connectivity index (χ4n) is 5.38. The van der Waals surface area contributed by atoms with Crippen LogP contribution in [0.15, 0.2) is 112 Å². The molecular weight excluding hydrogens is 705 g/mol. The van der Waals surface area contributed by atoms with Gasteiger partial charge in [0.1, 0.15) is 5.75 Å². The first kappa shape index (κ1) is 35.4. The lowest BCUT2D eigenvalue weighted by atomic mass is 9.80. The van der Waals surface area contributed by atoms with Crippen molar-refractivity contribution >= 4 is 27.7 Å². The Bertz CT molecular complexity index is 1830. The first-order valence-corrected chi connectivity index (χ1v) is 16.1. The van der Waals surface area contributed by atoms with Gasteiger partial charge in [-0.3, -0.25) is 10.2 Å². The summed E-state index contributed by atoms with van der Waals surface area (Å²) in [5, 5.41) is 12.8. The van der Waals surface area contributed by atoms with Gasteiger partial charge in [-0.15, -0.1) is 0 Å². The number of rotatable bonds is 14. The van der Waals surface area contributed by atoms with Crippen LogP contribution in [0.5, 0.6) is 5.75 Å². The number of hydrazine groups is 1. The maximum Gasteiger partial charge on any atom is 0.416 e. The van der Waals surface area contributed by atoms with E-state index in [-0.39, 0.29) is 32.0 Å². The number of aliphatic hydroxyl groups is 1. The van der Waals surface area contributed by atoms with Crippen LogP contribution in [-0.2, 0) is 35.2 Å². The summed E-state index contributed by atoms with van der Waals surface area (Å²) in [6.45, 7) is 0.376. The number of benzene rings is 4. The van der Waals surface area contributed by atoms with Gasteiger partial charge in [-0.1, -0.05) is 75.6 Å². The maximum atomic E-state index is 14.5. The first-order valence-electron chi connectivity index (χ1n) is 15.3. The average Bonchev–Trinajstić information content (AvgIpc) is 3.49. The summed E-state index contributed by atoms with van der Waals surface area (Å²) in [4.78, 5) is 22.4. The minimum absolute atomic E-state index is 0.000639. The van der Waals surface area contributed by atoms with Gasteiger partial charge in [-0.05, 0) is 70.2 Å². The molecule has 10 nitrogen and oxygen atoms in total. The highest BCUT2D eigenvalue weighted by atomic mass is 79.9. The molecule has 0 bridgehead atoms. The van der Waals surface area contributed by atoms with Gasteiger partial charge in [0.25, 0.3) is 5.91 Å². The van der Waals surface area contributed by atoms with Crippen molar-refractivity contribution in [3.63, 3.8) is 0 Å². The number of hydrogen-bond donors (Lipinski definition) is 3. The number of carbonyl (C=O) groups excluding carboxylic acids is 1. The average molecular weight is 738 g/mol. The summed E-state index contributed by atoms with van der Waals surface area (Å²) in [7, 11) is 0. The van der Waals surface area contributed by atoms with Crippen molar-refractivity contribution in [3.8, 4) is 5.75 Å². The molecule has 3 N–H and O–H groups in total. The van der Waals surface area contributed by atoms with Crippen LogP contribution in [0.4, 0.5) is 13.2 Å². The molecule has 14 heteroatoms. The third-order valence-electron chi connectivity index (χ3n) is 7.87. The van der Waals surface area contributed by atoms with Gasteiger partial charge in [-0.25, -0.2) is 10.4 Å². The summed E-state index contributed by atoms with van der Waals surface area (Å²) in [6, 6.07) is 26.2. The highest BCUT2D eigenvalue weighted by Gasteiger charge is 2.54. The molecule has 0 unspecified atom stereocenters. The van der Waals surface area contributed by atoms with Crippen LogP contribution < -0.4 is 15.6 Å². The number of aliphatic hydroxyl groups excluding tert-OH is 1. The summed E-state index contributed by atoms with van der Waals surface area (Å²) >= 11 is 3.60. The Labute approximate surface area is 288 Å². The molecule has 49 heavy (non-hydrogen) atoms. The predicted octanol–water partition coefficient (Wildman–Crippen LogP) is 7.36. The molecule has 1 heterocycles. The van der Waals surface area contributed by atoms with E-state index in [0.717, 1.165) is 22.2 Å². The molecule has 0 saturated carbocycles. The molecule has 0 radical (unpaired) electrons. The van der Waals surface area contributed by atoms with Crippen LogP contribution in [0.2, 0.25) is 0 Å². The smallest absolute Gasteiger partial charge is 0.416 e. The summed E-state index contributed by atoms with van der Waals surface area (Å²) < 4.78 is 52.2. The van der Waals surface area contributed by atoms with Crippen LogP contribution in [0, 0.1) is 0 Å². The lowest BCUT2D eigenvalue weighted by Gasteiger charge is -2.32. The first-order chi connectivity index (χ1) is 23.6. The quantitative estimate of drug-likeness (QED) is 0.0408. The Morgan fingerprint density at radius 2 is 1.71 bits per heavy atom. The van der Waals surface area contributed by atoms with E-state index >= 15 is 0 Å². The van der Waals surface area contributed by atoms with E-state index in [1.807, 2.05) is 24.3 Å². The highest BCUT2D eigenvalue weighted by Crippen LogP contribution is 2.44. The molecule has 1 aliphatic heterocycles. The molecule has 4 aromatic carbocycles. The molecule has 0 saturated heterocycles. The van der Waals surface area contributed by atoms with Gasteiger partial charge >= 0.3 is 6.18 Å². The molecule has 1 amide bonds. The number of carbonyl (C=O) groups is 1. The van der Waals surface area contributed by atoms with Crippen LogP contribution in [0.3, 0.4) is 0 Å². The van der Waals surface area contributed by atoms with Crippen LogP contribution in [0.1, 0.15) is 45.9 Å². The van der Waals surface area contributed by atoms with E-state index < -0.39 is 29.3 Å². The largest absolute Gasteiger partial charge is 0.494 e. The molecule has 0 aliphatic carbocycles. The van der Waals surface area contributed by atoms with Crippen molar-refractivity contribution < 1.29 is 32.5 Å². The fraction of sp³-hybridized carbons (Fsp3) is 0.257. The molecule has 254 valence electrons. The van der Waals surface area contributed by atoms with Crippen molar-refractivity contribution in [2.75, 3.05) is 13.2 Å². The Balaban J connectivity index is 1.54. The zero-order valence-corrected chi connectivity index (χ0v) is 27.6. The van der Waals surface area contributed by atoms with Gasteiger partial charge in [0.15, 0.2) is 11.6 Å². The summed E-state index contributed by atoms with van der Waals surface area (Å²) in [5.74, 6) is 0.213. The number of nitrogens with one attached hydrogen (secondary N) is 2. The molecule has 0 aromatic heterocycles. The standard InChI is InChI=1S/C35H32BrF3N6O4/c36-30-9-4-2-6-25(30)20-34(33(47)44-41-21-23-10-14-27(15-11-23)35(37,38)39)31(29-8-3-1-7-26(29)22-42-45-40)49-32(43-34)24-12-16-28(17-13-24)48-19-5-18-46/h1-4,6-17,31,41,46H,5,18-22H2,(H,44,47)/t31-,34-/m0/s1. The third-order valence-corrected chi connectivity index (χ3v) is 8.64. The molecule has 5 rings (SSSR count). The van der Waals surface area contributed by atoms with E-state index in [1.165, 1.54) is 12.1 Å². The van der Waals surface area contributed by atoms with Crippen LogP contribution in [-0.4, -0.2) is 35.7 Å². The van der Waals surface area contributed by atoms with Crippen molar-refractivity contribution in [1.82, 2.24) is 10.9 Å². The topological polar surface area (TPSA) is 141 Å². The van der Waals surface area contributed by atoms with E-state index in [1.54, 1.807) is 48.5 Å². The number of nitrogens with zero attached hydrogens (tertiary/aromatic N) is 4. The number of hydrogen-bond acceptors (Lipinski definition) is 7. The third kappa shape index (κ3) is 8.59. The van der Waals surface area contributed by atoms with Crippen LogP contribution in [0.25, 0.3) is 10.4 Å². The number of azide groups is 1. The SMILES string of the molecule is [N-]=[N+]=NCc1ccccc1[C@@H]1OC(c2ccc(OCCCO)cc2)=N[C@]1(Cc1ccccc1Br)C(=O)NNCc1ccc(C(F)(F)F)cc1. The van der Waals surface area contributed by atoms with Crippen molar-refractivity contribution in [2.24, 2.45) is 10.1 Å². The molecule has 2 atom stereocenters. The van der Waals surface area contributed by atoms with Crippen molar-refractivity contribution in [3.05, 3.63) is 145 Å². The second kappa shape index (κ2) is 16.0. The Hall–Kier alpha value is -4.88. The minimum Gasteiger partial charge on any atom is -0.494 e. The fourth-order valence-corrected chi connectivity index (χ4v) is 5.80. The molecular formula is C35H32BrF3N6O4. The molecule has 0 spiro atoms. The lowest BCUT2D eigenvalue weighted by molar-refractivity contribution is -0.137. The summed E-state index contributed by atoms with van der Waals surface area (Å²) in [5.41, 5.74) is 15.3. The van der Waals surface area contributed by atoms with Gasteiger partial charge < -0.3 is 14.6 Å². The number of amides is 1. The van der Waals surface area contributed by atoms with Crippen molar-refractivity contribution in [2.45, 2.75) is 43.8 Å². The highest BCUT2D eigenvalue weighted by molar-refractivity contribution is 9.10. The van der Waals surface area contributed by atoms with E-state index in [0.29, 0.717) is 41.0 Å². The zero-order valence-electron chi connectivity index (χ0n) is 26.0. The minimum atomic E-state index is -4.46. The zero-order chi connectivity index (χ0) is 34.9. The van der Waals surface area contributed by atoms with Gasteiger partial charge in [0.05, 0.1) is 18.7 Å². The van der Waals surface area contributed by atoms with Gasteiger partial charge in [0.2, 0.25) is 5.90 Å². The monoisotopic (exact) mass is 736 g/mol. The van der Waals surface area contributed by atoms with Crippen molar-refractivity contribution in [1.29, 1.82) is 0 Å². The maximum absolute atomic E-state index is 14.5. The number of ether oxygens (including phenoxy) is 2. The van der Waals surface area contributed by atoms with Crippen LogP contribution >= 0.6 is 15.9 Å². The van der Waals surface area contributed by atoms with E-state index in [9.17, 15) is 18.0 Å². The normalized spacial score (nSPS) is 17.1. The predicted molar refractivity (Wildman–Crippen MR) is 180 cm³/mol. The number of aliphatic imine (C=N–C) groups is 1. The molecule has 0 fully saturated rings. The Morgan fingerprint density at radius 3 is 2.39 bits per heavy atom. The Morgan fingerprint density at radius 1 is 1.02 bits per heavy atom. The molecule has 4 aromatic rings. The van der Waals surface area contributed by atoms with Gasteiger partial charge in [0, 0.05) is 40.9 Å².